The standard InChI is InChI=1S/C29H25N7O2/c37-29(17-4-2-1-3-5-17)32-20-12-19(14-30-15-20)23-6-7-24-26(33-23)27(36-35-24)25-13-22-21(18-9-11-38-16-18)8-10-31-28(22)34-25/h6-17H,1-5H2,(H,31,34)(H,32,37)(H,35,36). The topological polar surface area (TPSA) is 125 Å². The van der Waals surface area contributed by atoms with Crippen LogP contribution in [0.5, 0.6) is 0 Å². The number of anilines is 1. The number of fused-ring (bicyclic) bond motifs is 2. The van der Waals surface area contributed by atoms with Crippen molar-refractivity contribution >= 4 is 33.7 Å². The van der Waals surface area contributed by atoms with Crippen molar-refractivity contribution in [2.45, 2.75) is 32.1 Å². The van der Waals surface area contributed by atoms with Gasteiger partial charge in [0.15, 0.2) is 0 Å². The fraction of sp³-hybridized carbons (Fsp3) is 0.207. The smallest absolute Gasteiger partial charge is 0.227 e. The average molecular weight is 504 g/mol. The van der Waals surface area contributed by atoms with Gasteiger partial charge in [-0.2, -0.15) is 5.10 Å². The molecule has 1 fully saturated rings. The lowest BCUT2D eigenvalue weighted by Gasteiger charge is -2.20. The minimum Gasteiger partial charge on any atom is -0.472 e. The highest BCUT2D eigenvalue weighted by molar-refractivity contribution is 5.99. The van der Waals surface area contributed by atoms with Gasteiger partial charge < -0.3 is 14.7 Å². The summed E-state index contributed by atoms with van der Waals surface area (Å²) in [5.41, 5.74) is 8.08. The monoisotopic (exact) mass is 503 g/mol. The molecule has 1 saturated carbocycles. The van der Waals surface area contributed by atoms with Crippen molar-refractivity contribution in [2.24, 2.45) is 5.92 Å². The van der Waals surface area contributed by atoms with Crippen LogP contribution in [0.3, 0.4) is 0 Å². The summed E-state index contributed by atoms with van der Waals surface area (Å²) >= 11 is 0. The quantitative estimate of drug-likeness (QED) is 0.252. The van der Waals surface area contributed by atoms with Gasteiger partial charge in [-0.15, -0.1) is 0 Å². The average Bonchev–Trinajstić information content (AvgIpc) is 3.73. The Kier molecular flexibility index (Phi) is 5.46. The number of nitrogens with one attached hydrogen (secondary N) is 3. The molecule has 6 heterocycles. The molecule has 0 unspecified atom stereocenters. The Morgan fingerprint density at radius 3 is 2.82 bits per heavy atom. The number of hydrogen-bond acceptors (Lipinski definition) is 6. The van der Waals surface area contributed by atoms with Gasteiger partial charge in [0.05, 0.1) is 41.3 Å². The zero-order chi connectivity index (χ0) is 25.5. The maximum Gasteiger partial charge on any atom is 0.227 e. The van der Waals surface area contributed by atoms with E-state index in [0.717, 1.165) is 75.8 Å². The molecule has 6 aromatic rings. The van der Waals surface area contributed by atoms with Gasteiger partial charge in [-0.3, -0.25) is 14.9 Å². The number of H-pyrrole nitrogens is 2. The molecule has 9 nitrogen and oxygen atoms in total. The minimum absolute atomic E-state index is 0.0754. The summed E-state index contributed by atoms with van der Waals surface area (Å²) in [5, 5.41) is 11.7. The number of aromatic nitrogens is 6. The number of aromatic amines is 2. The predicted octanol–water partition coefficient (Wildman–Crippen LogP) is 6.34. The summed E-state index contributed by atoms with van der Waals surface area (Å²) in [5.74, 6) is 0.154. The van der Waals surface area contributed by atoms with Crippen LogP contribution in [0.2, 0.25) is 0 Å². The van der Waals surface area contributed by atoms with E-state index in [0.29, 0.717) is 11.4 Å². The first kappa shape index (κ1) is 22.4. The van der Waals surface area contributed by atoms with Gasteiger partial charge in [-0.1, -0.05) is 19.3 Å². The summed E-state index contributed by atoms with van der Waals surface area (Å²) in [6.07, 6.45) is 13.9. The van der Waals surface area contributed by atoms with Crippen LogP contribution in [0, 0.1) is 5.92 Å². The molecular formula is C29H25N7O2. The van der Waals surface area contributed by atoms with E-state index in [1.165, 1.54) is 6.42 Å². The highest BCUT2D eigenvalue weighted by Gasteiger charge is 2.21. The molecule has 3 N–H and O–H groups in total. The molecule has 1 aliphatic rings. The molecule has 7 rings (SSSR count). The maximum atomic E-state index is 12.7. The number of hydrogen-bond donors (Lipinski definition) is 3. The fourth-order valence-electron chi connectivity index (χ4n) is 5.33. The SMILES string of the molecule is O=C(Nc1cncc(-c2ccc3[nH]nc(-c4cc5c(-c6ccoc6)ccnc5[nH]4)c3n2)c1)C1CCCCC1. The van der Waals surface area contributed by atoms with Crippen LogP contribution < -0.4 is 5.32 Å². The number of carbonyl (C=O) groups excluding carboxylic acids is 1. The second-order valence-corrected chi connectivity index (χ2v) is 9.77. The molecule has 0 saturated heterocycles. The van der Waals surface area contributed by atoms with Crippen molar-refractivity contribution in [3.05, 3.63) is 67.5 Å². The van der Waals surface area contributed by atoms with Crippen LogP contribution >= 0.6 is 0 Å². The van der Waals surface area contributed by atoms with E-state index in [4.69, 9.17) is 9.40 Å². The van der Waals surface area contributed by atoms with Gasteiger partial charge >= 0.3 is 0 Å². The Morgan fingerprint density at radius 2 is 1.95 bits per heavy atom. The van der Waals surface area contributed by atoms with Crippen molar-refractivity contribution in [2.75, 3.05) is 5.32 Å². The normalized spacial score (nSPS) is 14.3. The third kappa shape index (κ3) is 4.02. The van der Waals surface area contributed by atoms with Crippen molar-refractivity contribution in [1.82, 2.24) is 30.1 Å². The molecule has 0 atom stereocenters. The number of rotatable bonds is 5. The number of amides is 1. The van der Waals surface area contributed by atoms with Crippen LogP contribution in [0.25, 0.3) is 55.8 Å². The Morgan fingerprint density at radius 1 is 1.03 bits per heavy atom. The molecule has 0 bridgehead atoms. The van der Waals surface area contributed by atoms with E-state index in [9.17, 15) is 4.79 Å². The Bertz CT molecular complexity index is 1760. The predicted molar refractivity (Wildman–Crippen MR) is 145 cm³/mol. The second kappa shape index (κ2) is 9.26. The largest absolute Gasteiger partial charge is 0.472 e. The summed E-state index contributed by atoms with van der Waals surface area (Å²) in [4.78, 5) is 29.9. The van der Waals surface area contributed by atoms with Crippen LogP contribution in [-0.4, -0.2) is 36.0 Å². The van der Waals surface area contributed by atoms with Crippen LogP contribution in [0.15, 0.2) is 71.9 Å². The van der Waals surface area contributed by atoms with E-state index < -0.39 is 0 Å². The van der Waals surface area contributed by atoms with E-state index in [1.54, 1.807) is 31.1 Å². The molecule has 1 aliphatic carbocycles. The van der Waals surface area contributed by atoms with Gasteiger partial charge in [-0.05, 0) is 54.8 Å². The zero-order valence-corrected chi connectivity index (χ0v) is 20.6. The van der Waals surface area contributed by atoms with Gasteiger partial charge in [0, 0.05) is 34.8 Å². The van der Waals surface area contributed by atoms with Gasteiger partial charge in [0.25, 0.3) is 0 Å². The molecule has 0 radical (unpaired) electrons. The van der Waals surface area contributed by atoms with Crippen LogP contribution in [0.1, 0.15) is 32.1 Å². The summed E-state index contributed by atoms with van der Waals surface area (Å²) in [6.45, 7) is 0. The van der Waals surface area contributed by atoms with E-state index in [-0.39, 0.29) is 11.8 Å². The van der Waals surface area contributed by atoms with Crippen LogP contribution in [0.4, 0.5) is 5.69 Å². The van der Waals surface area contributed by atoms with Crippen molar-refractivity contribution in [1.29, 1.82) is 0 Å². The maximum absolute atomic E-state index is 12.7. The fourth-order valence-corrected chi connectivity index (χ4v) is 5.33. The molecule has 0 aromatic carbocycles. The van der Waals surface area contributed by atoms with Gasteiger partial charge in [-0.25, -0.2) is 9.97 Å². The van der Waals surface area contributed by atoms with Gasteiger partial charge in [0.2, 0.25) is 5.91 Å². The highest BCUT2D eigenvalue weighted by atomic mass is 16.3. The Balaban J connectivity index is 1.23. The summed E-state index contributed by atoms with van der Waals surface area (Å²) < 4.78 is 5.28. The molecule has 0 aliphatic heterocycles. The van der Waals surface area contributed by atoms with Crippen molar-refractivity contribution in [3.63, 3.8) is 0 Å². The van der Waals surface area contributed by atoms with Crippen LogP contribution in [-0.2, 0) is 4.79 Å². The molecule has 38 heavy (non-hydrogen) atoms. The number of carbonyl (C=O) groups is 1. The third-order valence-corrected chi connectivity index (χ3v) is 7.30. The number of furan rings is 1. The van der Waals surface area contributed by atoms with E-state index >= 15 is 0 Å². The Hall–Kier alpha value is -4.79. The van der Waals surface area contributed by atoms with E-state index in [2.05, 4.69) is 30.5 Å². The molecule has 1 amide bonds. The van der Waals surface area contributed by atoms with Crippen molar-refractivity contribution < 1.29 is 9.21 Å². The molecule has 0 spiro atoms. The summed E-state index contributed by atoms with van der Waals surface area (Å²) in [7, 11) is 0. The number of nitrogens with zero attached hydrogens (tertiary/aromatic N) is 4. The third-order valence-electron chi connectivity index (χ3n) is 7.30. The first-order valence-electron chi connectivity index (χ1n) is 12.8. The molecule has 6 aromatic heterocycles. The second-order valence-electron chi connectivity index (χ2n) is 9.77. The summed E-state index contributed by atoms with van der Waals surface area (Å²) in [6, 6.07) is 11.7. The number of pyridine rings is 3. The zero-order valence-electron chi connectivity index (χ0n) is 20.6. The molecule has 188 valence electrons. The molecule has 9 heteroatoms. The first-order valence-corrected chi connectivity index (χ1v) is 12.8. The lowest BCUT2D eigenvalue weighted by molar-refractivity contribution is -0.120. The first-order chi connectivity index (χ1) is 18.7. The van der Waals surface area contributed by atoms with Crippen molar-refractivity contribution in [3.8, 4) is 33.8 Å². The molecular weight excluding hydrogens is 478 g/mol. The lowest BCUT2D eigenvalue weighted by Crippen LogP contribution is -2.24. The van der Waals surface area contributed by atoms with E-state index in [1.807, 2.05) is 36.4 Å². The highest BCUT2D eigenvalue weighted by Crippen LogP contribution is 2.34. The minimum atomic E-state index is 0.0754. The van der Waals surface area contributed by atoms with Gasteiger partial charge in [0.1, 0.15) is 16.9 Å². The Labute approximate surface area is 217 Å². The lowest BCUT2D eigenvalue weighted by atomic mass is 9.88.